The fraction of sp³-hybridized carbons (Fsp3) is 0.136. The van der Waals surface area contributed by atoms with Crippen LogP contribution in [0.5, 0.6) is 11.5 Å². The van der Waals surface area contributed by atoms with Crippen LogP contribution in [0.1, 0.15) is 11.6 Å². The summed E-state index contributed by atoms with van der Waals surface area (Å²) in [5.74, 6) is 0.608. The molecule has 0 radical (unpaired) electrons. The number of carbonyl (C=O) groups is 1. The van der Waals surface area contributed by atoms with E-state index in [1.807, 2.05) is 36.4 Å². The van der Waals surface area contributed by atoms with E-state index in [9.17, 15) is 13.2 Å². The van der Waals surface area contributed by atoms with Crippen LogP contribution in [0.3, 0.4) is 0 Å². The molecule has 0 aliphatic carbocycles. The van der Waals surface area contributed by atoms with Crippen LogP contribution < -0.4 is 10.1 Å². The summed E-state index contributed by atoms with van der Waals surface area (Å²) in [5, 5.41) is 2.81. The zero-order chi connectivity index (χ0) is 20.9. The number of rotatable bonds is 7. The Kier molecular flexibility index (Phi) is 6.31. The molecular weight excluding hydrogens is 388 g/mol. The SMILES string of the molecule is CN([C@H](C(=O)Nc1ccccc1Oc1ccccc1)c1ccccc1)S(C)(=O)=O. The molecule has 0 heterocycles. The summed E-state index contributed by atoms with van der Waals surface area (Å²) in [6.07, 6.45) is 1.07. The number of amides is 1. The molecule has 0 bridgehead atoms. The molecule has 3 aromatic rings. The Hall–Kier alpha value is -3.16. The van der Waals surface area contributed by atoms with E-state index >= 15 is 0 Å². The zero-order valence-electron chi connectivity index (χ0n) is 16.1. The summed E-state index contributed by atoms with van der Waals surface area (Å²) < 4.78 is 31.2. The maximum atomic E-state index is 13.1. The predicted molar refractivity (Wildman–Crippen MR) is 113 cm³/mol. The average molecular weight is 410 g/mol. The number of carbonyl (C=O) groups excluding carboxylic acids is 1. The molecule has 0 saturated carbocycles. The molecule has 1 atom stereocenters. The molecule has 6 nitrogen and oxygen atoms in total. The van der Waals surface area contributed by atoms with Crippen molar-refractivity contribution in [1.29, 1.82) is 0 Å². The van der Waals surface area contributed by atoms with Crippen molar-refractivity contribution >= 4 is 21.6 Å². The third-order valence-electron chi connectivity index (χ3n) is 4.37. The van der Waals surface area contributed by atoms with E-state index in [-0.39, 0.29) is 0 Å². The summed E-state index contributed by atoms with van der Waals surface area (Å²) in [7, 11) is -2.22. The second-order valence-corrected chi connectivity index (χ2v) is 8.53. The second kappa shape index (κ2) is 8.89. The maximum absolute atomic E-state index is 13.1. The van der Waals surface area contributed by atoms with Crippen LogP contribution in [0, 0.1) is 0 Å². The van der Waals surface area contributed by atoms with Crippen molar-refractivity contribution in [2.75, 3.05) is 18.6 Å². The zero-order valence-corrected chi connectivity index (χ0v) is 17.0. The van der Waals surface area contributed by atoms with Gasteiger partial charge in [0.15, 0.2) is 5.75 Å². The Labute approximate surface area is 170 Å². The van der Waals surface area contributed by atoms with E-state index in [1.54, 1.807) is 48.5 Å². The van der Waals surface area contributed by atoms with E-state index in [0.717, 1.165) is 10.6 Å². The number of hydrogen-bond donors (Lipinski definition) is 1. The molecule has 0 unspecified atom stereocenters. The minimum atomic E-state index is -3.60. The normalized spacial score (nSPS) is 12.4. The van der Waals surface area contributed by atoms with Gasteiger partial charge in [-0.1, -0.05) is 60.7 Å². The van der Waals surface area contributed by atoms with Crippen LogP contribution in [0.2, 0.25) is 0 Å². The first-order valence-electron chi connectivity index (χ1n) is 8.97. The smallest absolute Gasteiger partial charge is 0.247 e. The van der Waals surface area contributed by atoms with Gasteiger partial charge in [-0.05, 0) is 29.8 Å². The van der Waals surface area contributed by atoms with E-state index in [2.05, 4.69) is 5.32 Å². The van der Waals surface area contributed by atoms with Gasteiger partial charge in [-0.25, -0.2) is 8.42 Å². The van der Waals surface area contributed by atoms with Gasteiger partial charge in [-0.2, -0.15) is 4.31 Å². The standard InChI is InChI=1S/C22H22N2O4S/c1-24(29(2,26)27)21(17-11-5-3-6-12-17)22(25)23-19-15-9-10-16-20(19)28-18-13-7-4-8-14-18/h3-16,21H,1-2H3,(H,23,25)/t21-/m0/s1. The van der Waals surface area contributed by atoms with Gasteiger partial charge in [0.1, 0.15) is 11.8 Å². The lowest BCUT2D eigenvalue weighted by Gasteiger charge is -2.26. The lowest BCUT2D eigenvalue weighted by atomic mass is 10.1. The van der Waals surface area contributed by atoms with Crippen molar-refractivity contribution in [2.24, 2.45) is 0 Å². The fourth-order valence-corrected chi connectivity index (χ4v) is 3.43. The van der Waals surface area contributed by atoms with Crippen molar-refractivity contribution < 1.29 is 17.9 Å². The number of nitrogens with zero attached hydrogens (tertiary/aromatic N) is 1. The molecular formula is C22H22N2O4S. The molecule has 0 aromatic heterocycles. The number of hydrogen-bond acceptors (Lipinski definition) is 4. The third kappa shape index (κ3) is 5.22. The molecule has 7 heteroatoms. The molecule has 3 rings (SSSR count). The van der Waals surface area contributed by atoms with Crippen LogP contribution in [-0.2, 0) is 14.8 Å². The monoisotopic (exact) mass is 410 g/mol. The molecule has 0 spiro atoms. The van der Waals surface area contributed by atoms with Crippen LogP contribution in [-0.4, -0.2) is 31.9 Å². The molecule has 1 N–H and O–H groups in total. The van der Waals surface area contributed by atoms with Gasteiger partial charge in [0.25, 0.3) is 0 Å². The molecule has 0 saturated heterocycles. The van der Waals surface area contributed by atoms with Gasteiger partial charge in [0.05, 0.1) is 11.9 Å². The minimum absolute atomic E-state index is 0.448. The summed E-state index contributed by atoms with van der Waals surface area (Å²) in [5.41, 5.74) is 1.02. The number of nitrogens with one attached hydrogen (secondary N) is 1. The van der Waals surface area contributed by atoms with Gasteiger partial charge < -0.3 is 10.1 Å². The molecule has 1 amide bonds. The van der Waals surface area contributed by atoms with Gasteiger partial charge >= 0.3 is 0 Å². The maximum Gasteiger partial charge on any atom is 0.247 e. The highest BCUT2D eigenvalue weighted by atomic mass is 32.2. The Morgan fingerprint density at radius 3 is 2.07 bits per heavy atom. The first kappa shape index (κ1) is 20.6. The van der Waals surface area contributed by atoms with Crippen LogP contribution in [0.15, 0.2) is 84.9 Å². The van der Waals surface area contributed by atoms with E-state index in [4.69, 9.17) is 4.74 Å². The molecule has 0 aliphatic heterocycles. The van der Waals surface area contributed by atoms with Gasteiger partial charge in [-0.3, -0.25) is 4.79 Å². The highest BCUT2D eigenvalue weighted by Crippen LogP contribution is 2.31. The third-order valence-corrected chi connectivity index (χ3v) is 5.62. The highest BCUT2D eigenvalue weighted by Gasteiger charge is 2.31. The summed E-state index contributed by atoms with van der Waals surface area (Å²) in [6, 6.07) is 24.0. The van der Waals surface area contributed by atoms with Crippen LogP contribution in [0.4, 0.5) is 5.69 Å². The van der Waals surface area contributed by atoms with E-state index in [1.165, 1.54) is 7.05 Å². The number of sulfonamides is 1. The summed E-state index contributed by atoms with van der Waals surface area (Å²) >= 11 is 0. The second-order valence-electron chi connectivity index (χ2n) is 6.49. The van der Waals surface area contributed by atoms with Crippen molar-refractivity contribution in [2.45, 2.75) is 6.04 Å². The number of para-hydroxylation sites is 3. The first-order valence-corrected chi connectivity index (χ1v) is 10.8. The van der Waals surface area contributed by atoms with Gasteiger partial charge in [0.2, 0.25) is 15.9 Å². The van der Waals surface area contributed by atoms with Crippen molar-refractivity contribution in [3.8, 4) is 11.5 Å². The summed E-state index contributed by atoms with van der Waals surface area (Å²) in [6.45, 7) is 0. The van der Waals surface area contributed by atoms with Crippen LogP contribution in [0.25, 0.3) is 0 Å². The number of anilines is 1. The Morgan fingerprint density at radius 1 is 0.897 bits per heavy atom. The highest BCUT2D eigenvalue weighted by molar-refractivity contribution is 7.88. The molecule has 0 fully saturated rings. The summed E-state index contributed by atoms with van der Waals surface area (Å²) in [4.78, 5) is 13.1. The van der Waals surface area contributed by atoms with Crippen LogP contribution >= 0.6 is 0 Å². The molecule has 150 valence electrons. The minimum Gasteiger partial charge on any atom is -0.455 e. The van der Waals surface area contributed by atoms with E-state index in [0.29, 0.717) is 22.7 Å². The number of ether oxygens (including phenoxy) is 1. The molecule has 3 aromatic carbocycles. The van der Waals surface area contributed by atoms with Gasteiger partial charge in [0, 0.05) is 7.05 Å². The Morgan fingerprint density at radius 2 is 1.45 bits per heavy atom. The Bertz CT molecular complexity index is 1070. The predicted octanol–water partition coefficient (Wildman–Crippen LogP) is 4.05. The fourth-order valence-electron chi connectivity index (χ4n) is 2.83. The van der Waals surface area contributed by atoms with E-state index < -0.39 is 22.0 Å². The quantitative estimate of drug-likeness (QED) is 0.638. The largest absolute Gasteiger partial charge is 0.455 e. The Balaban J connectivity index is 1.91. The number of likely N-dealkylation sites (N-methyl/N-ethyl adjacent to an activating group) is 1. The van der Waals surface area contributed by atoms with Crippen molar-refractivity contribution in [1.82, 2.24) is 4.31 Å². The average Bonchev–Trinajstić information content (AvgIpc) is 2.70. The topological polar surface area (TPSA) is 75.7 Å². The number of benzene rings is 3. The first-order chi connectivity index (χ1) is 13.9. The molecule has 29 heavy (non-hydrogen) atoms. The molecule has 0 aliphatic rings. The van der Waals surface area contributed by atoms with Crippen molar-refractivity contribution in [3.05, 3.63) is 90.5 Å². The van der Waals surface area contributed by atoms with Gasteiger partial charge in [-0.15, -0.1) is 0 Å². The van der Waals surface area contributed by atoms with Crippen molar-refractivity contribution in [3.63, 3.8) is 0 Å². The lowest BCUT2D eigenvalue weighted by molar-refractivity contribution is -0.119. The lowest BCUT2D eigenvalue weighted by Crippen LogP contribution is -2.38.